The molecule has 0 aliphatic heterocycles. The lowest BCUT2D eigenvalue weighted by Gasteiger charge is -2.10. The second kappa shape index (κ2) is 3.69. The van der Waals surface area contributed by atoms with Crippen molar-refractivity contribution < 1.29 is 0 Å². The molecule has 14 heavy (non-hydrogen) atoms. The van der Waals surface area contributed by atoms with E-state index in [0.717, 1.165) is 15.6 Å². The topological polar surface area (TPSA) is 73.6 Å². The number of hydrogen-bond donors (Lipinski definition) is 1. The fourth-order valence-electron chi connectivity index (χ4n) is 1.32. The largest absolute Gasteiger partial charge is 0.397 e. The van der Waals surface area contributed by atoms with Crippen LogP contribution in [0.15, 0.2) is 4.47 Å². The standard InChI is InChI=1S/C10H8BrN3/c1-5-7(3-12)10(14)8(4-13)6(2)9(5)11/h14H2,1-2H3. The molecule has 4 heteroatoms. The molecule has 0 spiro atoms. The van der Waals surface area contributed by atoms with E-state index in [4.69, 9.17) is 16.3 Å². The van der Waals surface area contributed by atoms with Crippen LogP contribution in [-0.2, 0) is 0 Å². The van der Waals surface area contributed by atoms with Gasteiger partial charge in [-0.2, -0.15) is 10.5 Å². The number of anilines is 1. The van der Waals surface area contributed by atoms with Crippen molar-refractivity contribution in [2.45, 2.75) is 13.8 Å². The second-order valence-electron chi connectivity index (χ2n) is 2.95. The Hall–Kier alpha value is -1.52. The van der Waals surface area contributed by atoms with Crippen LogP contribution in [0.1, 0.15) is 22.3 Å². The first-order valence-electron chi connectivity index (χ1n) is 3.92. The highest BCUT2D eigenvalue weighted by molar-refractivity contribution is 9.10. The minimum absolute atomic E-state index is 0.271. The third-order valence-electron chi connectivity index (χ3n) is 2.17. The Kier molecular flexibility index (Phi) is 2.78. The number of benzene rings is 1. The molecule has 1 aromatic rings. The first kappa shape index (κ1) is 10.6. The Labute approximate surface area is 90.9 Å². The number of rotatable bonds is 0. The summed E-state index contributed by atoms with van der Waals surface area (Å²) < 4.78 is 0.778. The monoisotopic (exact) mass is 249 g/mol. The Balaban J connectivity index is 3.78. The summed E-state index contributed by atoms with van der Waals surface area (Å²) in [6.07, 6.45) is 0. The summed E-state index contributed by atoms with van der Waals surface area (Å²) >= 11 is 3.34. The van der Waals surface area contributed by atoms with Gasteiger partial charge in [-0.05, 0) is 25.0 Å². The van der Waals surface area contributed by atoms with E-state index in [1.165, 1.54) is 0 Å². The zero-order chi connectivity index (χ0) is 10.9. The zero-order valence-electron chi connectivity index (χ0n) is 7.85. The highest BCUT2D eigenvalue weighted by Crippen LogP contribution is 2.32. The molecule has 0 aromatic heterocycles. The quantitative estimate of drug-likeness (QED) is 0.718. The van der Waals surface area contributed by atoms with Crippen LogP contribution < -0.4 is 5.73 Å². The van der Waals surface area contributed by atoms with Gasteiger partial charge in [-0.15, -0.1) is 0 Å². The molecular weight excluding hydrogens is 242 g/mol. The molecule has 0 saturated heterocycles. The van der Waals surface area contributed by atoms with Crippen molar-refractivity contribution in [1.29, 1.82) is 10.5 Å². The third kappa shape index (κ3) is 1.34. The minimum atomic E-state index is 0.271. The molecule has 0 bridgehead atoms. The average Bonchev–Trinajstić information content (AvgIpc) is 2.16. The molecule has 0 aliphatic rings. The lowest BCUT2D eigenvalue weighted by Crippen LogP contribution is -2.01. The first-order chi connectivity index (χ1) is 6.54. The van der Waals surface area contributed by atoms with Crippen molar-refractivity contribution in [1.82, 2.24) is 0 Å². The molecule has 0 atom stereocenters. The molecule has 0 radical (unpaired) electrons. The highest BCUT2D eigenvalue weighted by atomic mass is 79.9. The van der Waals surface area contributed by atoms with Crippen LogP contribution in [0.3, 0.4) is 0 Å². The summed E-state index contributed by atoms with van der Waals surface area (Å²) in [5.74, 6) is 0. The molecule has 70 valence electrons. The first-order valence-corrected chi connectivity index (χ1v) is 4.72. The number of nitriles is 2. The van der Waals surface area contributed by atoms with Gasteiger partial charge in [-0.25, -0.2) is 0 Å². The summed E-state index contributed by atoms with van der Waals surface area (Å²) in [5, 5.41) is 17.7. The molecule has 0 heterocycles. The number of nitrogens with zero attached hydrogens (tertiary/aromatic N) is 2. The van der Waals surface area contributed by atoms with E-state index in [9.17, 15) is 0 Å². The van der Waals surface area contributed by atoms with Crippen LogP contribution in [-0.4, -0.2) is 0 Å². The van der Waals surface area contributed by atoms with Gasteiger partial charge in [0, 0.05) is 4.47 Å². The number of halogens is 1. The van der Waals surface area contributed by atoms with Crippen LogP contribution in [0.25, 0.3) is 0 Å². The smallest absolute Gasteiger partial charge is 0.102 e. The maximum atomic E-state index is 8.87. The fraction of sp³-hybridized carbons (Fsp3) is 0.200. The molecule has 3 nitrogen and oxygen atoms in total. The van der Waals surface area contributed by atoms with Crippen molar-refractivity contribution in [3.63, 3.8) is 0 Å². The van der Waals surface area contributed by atoms with Gasteiger partial charge in [0.15, 0.2) is 0 Å². The minimum Gasteiger partial charge on any atom is -0.397 e. The fourth-order valence-corrected chi connectivity index (χ4v) is 1.71. The number of hydrogen-bond acceptors (Lipinski definition) is 3. The van der Waals surface area contributed by atoms with Gasteiger partial charge in [0.05, 0.1) is 16.8 Å². The molecule has 0 amide bonds. The summed E-state index contributed by atoms with van der Waals surface area (Å²) in [5.41, 5.74) is 8.29. The normalized spacial score (nSPS) is 9.21. The van der Waals surface area contributed by atoms with Crippen molar-refractivity contribution in [3.8, 4) is 12.1 Å². The van der Waals surface area contributed by atoms with Crippen LogP contribution in [0.4, 0.5) is 5.69 Å². The van der Waals surface area contributed by atoms with Crippen molar-refractivity contribution in [2.75, 3.05) is 5.73 Å². The summed E-state index contributed by atoms with van der Waals surface area (Å²) in [4.78, 5) is 0. The predicted molar refractivity (Wildman–Crippen MR) is 57.5 cm³/mol. The maximum absolute atomic E-state index is 8.87. The number of nitrogens with two attached hydrogens (primary N) is 1. The van der Waals surface area contributed by atoms with Crippen LogP contribution in [0.5, 0.6) is 0 Å². The van der Waals surface area contributed by atoms with Crippen molar-refractivity contribution in [3.05, 3.63) is 26.7 Å². The van der Waals surface area contributed by atoms with E-state index in [2.05, 4.69) is 15.9 Å². The summed E-state index contributed by atoms with van der Waals surface area (Å²) in [6.45, 7) is 3.60. The molecule has 0 saturated carbocycles. The van der Waals surface area contributed by atoms with Gasteiger partial charge in [-0.1, -0.05) is 15.9 Å². The average molecular weight is 250 g/mol. The molecule has 1 rings (SSSR count). The molecular formula is C10H8BrN3. The Morgan fingerprint density at radius 1 is 1.07 bits per heavy atom. The van der Waals surface area contributed by atoms with Gasteiger partial charge >= 0.3 is 0 Å². The summed E-state index contributed by atoms with van der Waals surface area (Å²) in [7, 11) is 0. The SMILES string of the molecule is Cc1c(Br)c(C)c(C#N)c(N)c1C#N. The molecule has 0 aliphatic carbocycles. The van der Waals surface area contributed by atoms with E-state index in [-0.39, 0.29) is 5.69 Å². The second-order valence-corrected chi connectivity index (χ2v) is 3.74. The Bertz CT molecular complexity index is 437. The molecule has 1 aromatic carbocycles. The van der Waals surface area contributed by atoms with Crippen LogP contribution in [0, 0.1) is 36.5 Å². The van der Waals surface area contributed by atoms with E-state index < -0.39 is 0 Å². The lowest BCUT2D eigenvalue weighted by atomic mass is 9.98. The van der Waals surface area contributed by atoms with Crippen LogP contribution >= 0.6 is 15.9 Å². The maximum Gasteiger partial charge on any atom is 0.102 e. The molecule has 0 fully saturated rings. The van der Waals surface area contributed by atoms with E-state index in [1.807, 2.05) is 12.1 Å². The summed E-state index contributed by atoms with van der Waals surface area (Å²) in [6, 6.07) is 4.00. The van der Waals surface area contributed by atoms with Crippen LogP contribution in [0.2, 0.25) is 0 Å². The highest BCUT2D eigenvalue weighted by Gasteiger charge is 2.15. The lowest BCUT2D eigenvalue weighted by molar-refractivity contribution is 1.28. The Morgan fingerprint density at radius 3 is 1.71 bits per heavy atom. The van der Waals surface area contributed by atoms with Gasteiger partial charge in [-0.3, -0.25) is 0 Å². The van der Waals surface area contributed by atoms with Gasteiger partial charge in [0.25, 0.3) is 0 Å². The van der Waals surface area contributed by atoms with Gasteiger partial charge in [0.2, 0.25) is 0 Å². The number of nitrogen functional groups attached to an aromatic ring is 1. The van der Waals surface area contributed by atoms with Gasteiger partial charge < -0.3 is 5.73 Å². The Morgan fingerprint density at radius 2 is 1.43 bits per heavy atom. The third-order valence-corrected chi connectivity index (χ3v) is 3.36. The van der Waals surface area contributed by atoms with Crippen molar-refractivity contribution in [2.24, 2.45) is 0 Å². The predicted octanol–water partition coefficient (Wildman–Crippen LogP) is 2.39. The van der Waals surface area contributed by atoms with Crippen molar-refractivity contribution >= 4 is 21.6 Å². The zero-order valence-corrected chi connectivity index (χ0v) is 9.44. The van der Waals surface area contributed by atoms with E-state index in [0.29, 0.717) is 11.1 Å². The molecule has 2 N–H and O–H groups in total. The molecule has 0 unspecified atom stereocenters. The van der Waals surface area contributed by atoms with E-state index >= 15 is 0 Å². The van der Waals surface area contributed by atoms with Gasteiger partial charge in [0.1, 0.15) is 12.1 Å². The van der Waals surface area contributed by atoms with E-state index in [1.54, 1.807) is 13.8 Å².